The van der Waals surface area contributed by atoms with E-state index in [1.54, 1.807) is 20.1 Å². The largest absolute Gasteiger partial charge is 0.497 e. The van der Waals surface area contributed by atoms with Gasteiger partial charge in [-0.1, -0.05) is 12.1 Å². The van der Waals surface area contributed by atoms with Gasteiger partial charge in [0.25, 0.3) is 0 Å². The number of anilines is 3. The Labute approximate surface area is 160 Å². The molecule has 3 aromatic rings. The predicted octanol–water partition coefficient (Wildman–Crippen LogP) is 4.61. The maximum absolute atomic E-state index is 13.8. The Balaban J connectivity index is 1.66. The molecule has 0 saturated carbocycles. The number of halogens is 3. The Morgan fingerprint density at radius 1 is 0.964 bits per heavy atom. The number of aromatic nitrogens is 2. The van der Waals surface area contributed by atoms with Crippen molar-refractivity contribution in [2.45, 2.75) is 13.3 Å². The molecule has 2 N–H and O–H groups in total. The number of benzene rings is 2. The smallest absolute Gasteiger partial charge is 0.229 e. The van der Waals surface area contributed by atoms with Gasteiger partial charge in [0.2, 0.25) is 5.95 Å². The molecule has 0 amide bonds. The van der Waals surface area contributed by atoms with Crippen LogP contribution in [0.1, 0.15) is 11.3 Å². The fourth-order valence-electron chi connectivity index (χ4n) is 2.59. The van der Waals surface area contributed by atoms with Crippen LogP contribution in [0, 0.1) is 24.4 Å². The molecular weight excluding hydrogens is 369 g/mol. The SMILES string of the molecule is COc1ccc(CCNc2cc(C)nc(Nc3ccc(F)c(F)c3F)n2)cc1. The number of rotatable bonds is 7. The molecule has 0 saturated heterocycles. The first-order valence-electron chi connectivity index (χ1n) is 8.59. The van der Waals surface area contributed by atoms with Gasteiger partial charge in [0.1, 0.15) is 11.6 Å². The summed E-state index contributed by atoms with van der Waals surface area (Å²) in [6.07, 6.45) is 0.758. The lowest BCUT2D eigenvalue weighted by Gasteiger charge is -2.11. The quantitative estimate of drug-likeness (QED) is 0.579. The van der Waals surface area contributed by atoms with Gasteiger partial charge in [-0.3, -0.25) is 0 Å². The molecule has 0 unspecified atom stereocenters. The molecule has 146 valence electrons. The van der Waals surface area contributed by atoms with Gasteiger partial charge < -0.3 is 15.4 Å². The first-order chi connectivity index (χ1) is 13.5. The van der Waals surface area contributed by atoms with Gasteiger partial charge in [0, 0.05) is 18.3 Å². The summed E-state index contributed by atoms with van der Waals surface area (Å²) in [6.45, 7) is 2.37. The highest BCUT2D eigenvalue weighted by atomic mass is 19.2. The van der Waals surface area contributed by atoms with Crippen molar-refractivity contribution in [1.82, 2.24) is 9.97 Å². The topological polar surface area (TPSA) is 59.1 Å². The summed E-state index contributed by atoms with van der Waals surface area (Å²) in [5.41, 5.74) is 1.52. The normalized spacial score (nSPS) is 10.6. The average molecular weight is 388 g/mol. The number of methoxy groups -OCH3 is 1. The van der Waals surface area contributed by atoms with Gasteiger partial charge in [0.05, 0.1) is 12.8 Å². The molecule has 0 atom stereocenters. The maximum atomic E-state index is 13.8. The van der Waals surface area contributed by atoms with Crippen molar-refractivity contribution >= 4 is 17.5 Å². The predicted molar refractivity (Wildman–Crippen MR) is 102 cm³/mol. The number of nitrogens with one attached hydrogen (secondary N) is 2. The van der Waals surface area contributed by atoms with Crippen molar-refractivity contribution in [3.63, 3.8) is 0 Å². The number of ether oxygens (including phenoxy) is 1. The summed E-state index contributed by atoms with van der Waals surface area (Å²) in [7, 11) is 1.62. The van der Waals surface area contributed by atoms with Crippen molar-refractivity contribution in [2.24, 2.45) is 0 Å². The van der Waals surface area contributed by atoms with Crippen LogP contribution in [-0.2, 0) is 6.42 Å². The molecule has 0 radical (unpaired) electrons. The van der Waals surface area contributed by atoms with Crippen LogP contribution in [0.15, 0.2) is 42.5 Å². The standard InChI is InChI=1S/C20H19F3N4O/c1-12-11-17(24-10-9-13-3-5-14(28-2)6-4-13)27-20(25-12)26-16-8-7-15(21)18(22)19(16)23/h3-8,11H,9-10H2,1-2H3,(H2,24,25,26,27). The Bertz CT molecular complexity index is 964. The summed E-state index contributed by atoms with van der Waals surface area (Å²) in [5, 5.41) is 5.76. The van der Waals surface area contributed by atoms with Crippen molar-refractivity contribution < 1.29 is 17.9 Å². The minimum Gasteiger partial charge on any atom is -0.497 e. The van der Waals surface area contributed by atoms with Crippen LogP contribution in [0.3, 0.4) is 0 Å². The molecular formula is C20H19F3N4O. The van der Waals surface area contributed by atoms with E-state index in [2.05, 4.69) is 20.6 Å². The minimum absolute atomic E-state index is 0.0804. The summed E-state index contributed by atoms with van der Waals surface area (Å²) < 4.78 is 45.4. The second kappa shape index (κ2) is 8.60. The molecule has 3 rings (SSSR count). The Kier molecular flexibility index (Phi) is 5.98. The van der Waals surface area contributed by atoms with Gasteiger partial charge in [-0.2, -0.15) is 4.98 Å². The van der Waals surface area contributed by atoms with E-state index in [1.165, 1.54) is 0 Å². The third kappa shape index (κ3) is 4.70. The van der Waals surface area contributed by atoms with E-state index < -0.39 is 17.5 Å². The van der Waals surface area contributed by atoms with Crippen molar-refractivity contribution in [3.05, 3.63) is 71.2 Å². The molecule has 5 nitrogen and oxygen atoms in total. The van der Waals surface area contributed by atoms with Gasteiger partial charge >= 0.3 is 0 Å². The number of aryl methyl sites for hydroxylation is 1. The fraction of sp³-hybridized carbons (Fsp3) is 0.200. The molecule has 0 aliphatic heterocycles. The first-order valence-corrected chi connectivity index (χ1v) is 8.59. The van der Waals surface area contributed by atoms with Crippen LogP contribution in [0.2, 0.25) is 0 Å². The summed E-state index contributed by atoms with van der Waals surface area (Å²) in [6, 6.07) is 11.4. The van der Waals surface area contributed by atoms with E-state index in [0.29, 0.717) is 18.1 Å². The van der Waals surface area contributed by atoms with E-state index in [0.717, 1.165) is 29.9 Å². The van der Waals surface area contributed by atoms with Gasteiger partial charge in [-0.05, 0) is 43.2 Å². The molecule has 8 heteroatoms. The van der Waals surface area contributed by atoms with E-state index in [1.807, 2.05) is 24.3 Å². The molecule has 0 bridgehead atoms. The molecule has 0 fully saturated rings. The molecule has 28 heavy (non-hydrogen) atoms. The third-order valence-corrected chi connectivity index (χ3v) is 4.01. The Morgan fingerprint density at radius 2 is 1.71 bits per heavy atom. The molecule has 0 spiro atoms. The molecule has 0 aliphatic carbocycles. The van der Waals surface area contributed by atoms with Crippen LogP contribution in [0.25, 0.3) is 0 Å². The first kappa shape index (κ1) is 19.5. The highest BCUT2D eigenvalue weighted by molar-refractivity contribution is 5.56. The average Bonchev–Trinajstić information content (AvgIpc) is 2.69. The zero-order valence-corrected chi connectivity index (χ0v) is 15.4. The zero-order chi connectivity index (χ0) is 20.1. The van der Waals surface area contributed by atoms with Crippen LogP contribution >= 0.6 is 0 Å². The maximum Gasteiger partial charge on any atom is 0.229 e. The summed E-state index contributed by atoms with van der Waals surface area (Å²) in [5.74, 6) is -2.71. The van der Waals surface area contributed by atoms with Gasteiger partial charge in [-0.25, -0.2) is 18.2 Å². The molecule has 1 heterocycles. The Morgan fingerprint density at radius 3 is 2.43 bits per heavy atom. The van der Waals surface area contributed by atoms with Crippen LogP contribution < -0.4 is 15.4 Å². The number of hydrogen-bond acceptors (Lipinski definition) is 5. The monoisotopic (exact) mass is 388 g/mol. The zero-order valence-electron chi connectivity index (χ0n) is 15.4. The fourth-order valence-corrected chi connectivity index (χ4v) is 2.59. The number of hydrogen-bond donors (Lipinski definition) is 2. The highest BCUT2D eigenvalue weighted by Crippen LogP contribution is 2.23. The summed E-state index contributed by atoms with van der Waals surface area (Å²) in [4.78, 5) is 8.39. The lowest BCUT2D eigenvalue weighted by molar-refractivity contribution is 0.414. The molecule has 1 aromatic heterocycles. The van der Waals surface area contributed by atoms with E-state index in [-0.39, 0.29) is 11.6 Å². The lowest BCUT2D eigenvalue weighted by Crippen LogP contribution is -2.09. The lowest BCUT2D eigenvalue weighted by atomic mass is 10.1. The van der Waals surface area contributed by atoms with E-state index >= 15 is 0 Å². The van der Waals surface area contributed by atoms with E-state index in [4.69, 9.17) is 4.74 Å². The van der Waals surface area contributed by atoms with Crippen LogP contribution in [0.5, 0.6) is 5.75 Å². The summed E-state index contributed by atoms with van der Waals surface area (Å²) >= 11 is 0. The van der Waals surface area contributed by atoms with Crippen molar-refractivity contribution in [3.8, 4) is 5.75 Å². The highest BCUT2D eigenvalue weighted by Gasteiger charge is 2.14. The van der Waals surface area contributed by atoms with Gasteiger partial charge in [-0.15, -0.1) is 0 Å². The molecule has 0 aliphatic rings. The van der Waals surface area contributed by atoms with Crippen molar-refractivity contribution in [1.29, 1.82) is 0 Å². The number of nitrogens with zero attached hydrogens (tertiary/aromatic N) is 2. The van der Waals surface area contributed by atoms with Crippen LogP contribution in [-0.4, -0.2) is 23.6 Å². The van der Waals surface area contributed by atoms with Gasteiger partial charge in [0.15, 0.2) is 17.5 Å². The third-order valence-electron chi connectivity index (χ3n) is 4.01. The Hall–Kier alpha value is -3.29. The second-order valence-electron chi connectivity index (χ2n) is 6.09. The molecule has 2 aromatic carbocycles. The van der Waals surface area contributed by atoms with Crippen molar-refractivity contribution in [2.75, 3.05) is 24.3 Å². The minimum atomic E-state index is -1.55. The van der Waals surface area contributed by atoms with Crippen LogP contribution in [0.4, 0.5) is 30.6 Å². The van der Waals surface area contributed by atoms with E-state index in [9.17, 15) is 13.2 Å². The second-order valence-corrected chi connectivity index (χ2v) is 6.09.